The molecule has 6 heteroatoms. The van der Waals surface area contributed by atoms with Crippen LogP contribution in [-0.2, 0) is 7.05 Å². The number of nitrogens with one attached hydrogen (secondary N) is 1. The summed E-state index contributed by atoms with van der Waals surface area (Å²) in [5.41, 5.74) is 3.80. The summed E-state index contributed by atoms with van der Waals surface area (Å²) in [7, 11) is 3.65. The van der Waals surface area contributed by atoms with Crippen LogP contribution in [0.25, 0.3) is 10.9 Å². The molecule has 0 fully saturated rings. The van der Waals surface area contributed by atoms with E-state index in [9.17, 15) is 0 Å². The summed E-state index contributed by atoms with van der Waals surface area (Å²) in [6.45, 7) is 1.98. The zero-order valence-corrected chi connectivity index (χ0v) is 16.7. The molecule has 0 aliphatic heterocycles. The molecule has 0 amide bonds. The monoisotopic (exact) mass is 392 g/mol. The molecule has 4 rings (SSSR count). The summed E-state index contributed by atoms with van der Waals surface area (Å²) in [5, 5.41) is 5.38. The Bertz CT molecular complexity index is 1120. The summed E-state index contributed by atoms with van der Waals surface area (Å²) < 4.78 is 7.53. The highest BCUT2D eigenvalue weighted by molar-refractivity contribution is 6.30. The molecule has 2 heterocycles. The van der Waals surface area contributed by atoms with Gasteiger partial charge in [-0.05, 0) is 36.8 Å². The van der Waals surface area contributed by atoms with E-state index in [1.807, 2.05) is 73.3 Å². The zero-order chi connectivity index (χ0) is 19.7. The zero-order valence-electron chi connectivity index (χ0n) is 16.0. The highest BCUT2D eigenvalue weighted by atomic mass is 35.5. The molecule has 2 aromatic carbocycles. The van der Waals surface area contributed by atoms with E-state index in [2.05, 4.69) is 15.3 Å². The SMILES string of the molecule is COc1cccc2c(NC(c3ccc(Cl)cc3)c3nccn3C)cc(C)nc12. The van der Waals surface area contributed by atoms with Gasteiger partial charge in [0.15, 0.2) is 0 Å². The largest absolute Gasteiger partial charge is 0.494 e. The molecular formula is C22H21ClN4O. The number of fused-ring (bicyclic) bond motifs is 1. The fourth-order valence-corrected chi connectivity index (χ4v) is 3.52. The number of para-hydroxylation sites is 1. The molecule has 1 N–H and O–H groups in total. The first-order valence-electron chi connectivity index (χ1n) is 9.00. The van der Waals surface area contributed by atoms with Gasteiger partial charge in [-0.3, -0.25) is 0 Å². The maximum atomic E-state index is 6.10. The van der Waals surface area contributed by atoms with Crippen LogP contribution in [0.15, 0.2) is 60.9 Å². The van der Waals surface area contributed by atoms with Crippen molar-refractivity contribution in [2.24, 2.45) is 7.05 Å². The van der Waals surface area contributed by atoms with Crippen LogP contribution >= 0.6 is 11.6 Å². The van der Waals surface area contributed by atoms with Gasteiger partial charge in [-0.2, -0.15) is 0 Å². The van der Waals surface area contributed by atoms with Crippen molar-refractivity contribution in [1.29, 1.82) is 0 Å². The first-order chi connectivity index (χ1) is 13.6. The van der Waals surface area contributed by atoms with Gasteiger partial charge < -0.3 is 14.6 Å². The lowest BCUT2D eigenvalue weighted by Crippen LogP contribution is -2.17. The molecule has 0 saturated heterocycles. The predicted molar refractivity (Wildman–Crippen MR) is 113 cm³/mol. The molecular weight excluding hydrogens is 372 g/mol. The Balaban J connectivity index is 1.86. The Kier molecular flexibility index (Phi) is 4.92. The second kappa shape index (κ2) is 7.52. The van der Waals surface area contributed by atoms with Crippen molar-refractivity contribution in [1.82, 2.24) is 14.5 Å². The smallest absolute Gasteiger partial charge is 0.145 e. The summed E-state index contributed by atoms with van der Waals surface area (Å²) in [6.07, 6.45) is 3.75. The average molecular weight is 393 g/mol. The van der Waals surface area contributed by atoms with Gasteiger partial charge in [0.1, 0.15) is 23.1 Å². The van der Waals surface area contributed by atoms with Gasteiger partial charge in [-0.15, -0.1) is 0 Å². The molecule has 142 valence electrons. The van der Waals surface area contributed by atoms with Gasteiger partial charge >= 0.3 is 0 Å². The maximum absolute atomic E-state index is 6.10. The first-order valence-corrected chi connectivity index (χ1v) is 9.38. The molecule has 28 heavy (non-hydrogen) atoms. The minimum absolute atomic E-state index is 0.145. The number of aromatic nitrogens is 3. The van der Waals surface area contributed by atoms with Crippen LogP contribution in [-0.4, -0.2) is 21.6 Å². The van der Waals surface area contributed by atoms with Crippen LogP contribution in [0.3, 0.4) is 0 Å². The predicted octanol–water partition coefficient (Wildman–Crippen LogP) is 5.14. The van der Waals surface area contributed by atoms with Crippen molar-refractivity contribution in [2.75, 3.05) is 12.4 Å². The van der Waals surface area contributed by atoms with Gasteiger partial charge in [0.05, 0.1) is 7.11 Å². The van der Waals surface area contributed by atoms with Crippen molar-refractivity contribution >= 4 is 28.2 Å². The van der Waals surface area contributed by atoms with Crippen molar-refractivity contribution in [3.8, 4) is 5.75 Å². The van der Waals surface area contributed by atoms with Crippen molar-refractivity contribution in [2.45, 2.75) is 13.0 Å². The molecule has 4 aromatic rings. The highest BCUT2D eigenvalue weighted by Gasteiger charge is 2.20. The number of imidazole rings is 1. The second-order valence-electron chi connectivity index (χ2n) is 6.69. The normalized spacial score (nSPS) is 12.1. The van der Waals surface area contributed by atoms with E-state index < -0.39 is 0 Å². The number of pyridine rings is 1. The van der Waals surface area contributed by atoms with Gasteiger partial charge in [-0.1, -0.05) is 35.9 Å². The Morgan fingerprint density at radius 1 is 1.14 bits per heavy atom. The number of nitrogens with zero attached hydrogens (tertiary/aromatic N) is 3. The molecule has 0 bridgehead atoms. The third-order valence-corrected chi connectivity index (χ3v) is 5.02. The molecule has 0 radical (unpaired) electrons. The number of methoxy groups -OCH3 is 1. The number of rotatable bonds is 5. The molecule has 1 atom stereocenters. The highest BCUT2D eigenvalue weighted by Crippen LogP contribution is 2.34. The van der Waals surface area contributed by atoms with Gasteiger partial charge in [0.25, 0.3) is 0 Å². The van der Waals surface area contributed by atoms with E-state index in [1.165, 1.54) is 0 Å². The minimum Gasteiger partial charge on any atom is -0.494 e. The Morgan fingerprint density at radius 2 is 1.93 bits per heavy atom. The molecule has 5 nitrogen and oxygen atoms in total. The van der Waals surface area contributed by atoms with Crippen LogP contribution in [0.4, 0.5) is 5.69 Å². The van der Waals surface area contributed by atoms with Gasteiger partial charge in [0.2, 0.25) is 0 Å². The summed E-state index contributed by atoms with van der Waals surface area (Å²) in [5.74, 6) is 1.66. The van der Waals surface area contributed by atoms with E-state index in [0.717, 1.165) is 39.4 Å². The number of ether oxygens (including phenoxy) is 1. The van der Waals surface area contributed by atoms with Crippen LogP contribution in [0, 0.1) is 6.92 Å². The number of anilines is 1. The number of hydrogen-bond acceptors (Lipinski definition) is 4. The number of hydrogen-bond donors (Lipinski definition) is 1. The molecule has 0 aliphatic carbocycles. The number of aryl methyl sites for hydroxylation is 2. The van der Waals surface area contributed by atoms with E-state index in [1.54, 1.807) is 13.3 Å². The Hall–Kier alpha value is -3.05. The summed E-state index contributed by atoms with van der Waals surface area (Å²) >= 11 is 6.10. The molecule has 0 aliphatic rings. The van der Waals surface area contributed by atoms with E-state index in [-0.39, 0.29) is 6.04 Å². The van der Waals surface area contributed by atoms with Crippen molar-refractivity contribution < 1.29 is 4.74 Å². The lowest BCUT2D eigenvalue weighted by atomic mass is 10.0. The minimum atomic E-state index is -0.145. The summed E-state index contributed by atoms with van der Waals surface area (Å²) in [4.78, 5) is 9.25. The Morgan fingerprint density at radius 3 is 2.61 bits per heavy atom. The topological polar surface area (TPSA) is 52.0 Å². The standard InChI is InChI=1S/C22H21ClN4O/c1-14-13-18(17-5-4-6-19(28-3)21(17)25-14)26-20(22-24-11-12-27(22)2)15-7-9-16(23)10-8-15/h4-13,20H,1-3H3,(H,25,26). The molecule has 0 spiro atoms. The average Bonchev–Trinajstić information content (AvgIpc) is 3.12. The molecule has 2 aromatic heterocycles. The van der Waals surface area contributed by atoms with Crippen LogP contribution in [0.1, 0.15) is 23.1 Å². The summed E-state index contributed by atoms with van der Waals surface area (Å²) in [6, 6.07) is 15.7. The fourth-order valence-electron chi connectivity index (χ4n) is 3.40. The lowest BCUT2D eigenvalue weighted by molar-refractivity contribution is 0.419. The lowest BCUT2D eigenvalue weighted by Gasteiger charge is -2.22. The quantitative estimate of drug-likeness (QED) is 0.511. The van der Waals surface area contributed by atoms with E-state index in [4.69, 9.17) is 16.3 Å². The van der Waals surface area contributed by atoms with Crippen molar-refractivity contribution in [3.63, 3.8) is 0 Å². The third-order valence-electron chi connectivity index (χ3n) is 4.77. The molecule has 1 unspecified atom stereocenters. The first kappa shape index (κ1) is 18.3. The number of benzene rings is 2. The van der Waals surface area contributed by atoms with Crippen molar-refractivity contribution in [3.05, 3.63) is 83.0 Å². The fraction of sp³-hybridized carbons (Fsp3) is 0.182. The van der Waals surface area contributed by atoms with E-state index >= 15 is 0 Å². The third kappa shape index (κ3) is 3.41. The van der Waals surface area contributed by atoms with Crippen LogP contribution < -0.4 is 10.1 Å². The molecule has 0 saturated carbocycles. The van der Waals surface area contributed by atoms with Gasteiger partial charge in [0, 0.05) is 41.2 Å². The second-order valence-corrected chi connectivity index (χ2v) is 7.13. The Labute approximate surface area is 169 Å². The van der Waals surface area contributed by atoms with Crippen LogP contribution in [0.5, 0.6) is 5.75 Å². The number of halogens is 1. The maximum Gasteiger partial charge on any atom is 0.145 e. The van der Waals surface area contributed by atoms with Gasteiger partial charge in [-0.25, -0.2) is 9.97 Å². The van der Waals surface area contributed by atoms with Crippen LogP contribution in [0.2, 0.25) is 5.02 Å². The van der Waals surface area contributed by atoms with E-state index in [0.29, 0.717) is 5.02 Å².